The predicted molar refractivity (Wildman–Crippen MR) is 95.0 cm³/mol. The van der Waals surface area contributed by atoms with E-state index in [4.69, 9.17) is 4.74 Å². The van der Waals surface area contributed by atoms with Gasteiger partial charge in [-0.25, -0.2) is 0 Å². The minimum absolute atomic E-state index is 0.192. The second-order valence-electron chi connectivity index (χ2n) is 9.11. The maximum Gasteiger partial charge on any atom is 0.180 e. The average Bonchev–Trinajstić information content (AvgIpc) is 2.92. The molecule has 25 heavy (non-hydrogen) atoms. The molecule has 4 aliphatic rings. The monoisotopic (exact) mass is 341 g/mol. The third-order valence-electron chi connectivity index (χ3n) is 7.95. The van der Waals surface area contributed by atoms with Crippen LogP contribution in [0.4, 0.5) is 0 Å². The number of likely N-dealkylation sites (N-methyl/N-ethyl adjacent to an activating group) is 1. The summed E-state index contributed by atoms with van der Waals surface area (Å²) in [5, 5.41) is 10.5. The van der Waals surface area contributed by atoms with E-state index in [-0.39, 0.29) is 22.4 Å². The molecule has 5 rings (SSSR count). The van der Waals surface area contributed by atoms with Crippen LogP contribution in [0.3, 0.4) is 0 Å². The summed E-state index contributed by atoms with van der Waals surface area (Å²) < 4.78 is 6.27. The van der Waals surface area contributed by atoms with Gasteiger partial charge in [0, 0.05) is 22.4 Å². The maximum absolute atomic E-state index is 13.5. The Balaban J connectivity index is 1.84. The first kappa shape index (κ1) is 15.7. The van der Waals surface area contributed by atoms with Crippen LogP contribution in [-0.2, 0) is 16.6 Å². The highest BCUT2D eigenvalue weighted by molar-refractivity contribution is 5.93. The number of ether oxygens (including phenoxy) is 1. The predicted octanol–water partition coefficient (Wildman–Crippen LogP) is 2.90. The van der Waals surface area contributed by atoms with Crippen molar-refractivity contribution in [2.45, 2.75) is 57.6 Å². The number of aromatic hydroxyl groups is 1. The number of hydrogen-bond acceptors (Lipinski definition) is 4. The Morgan fingerprint density at radius 1 is 1.36 bits per heavy atom. The molecule has 0 amide bonds. The molecule has 4 nitrogen and oxygen atoms in total. The van der Waals surface area contributed by atoms with Gasteiger partial charge in [0.1, 0.15) is 0 Å². The lowest BCUT2D eigenvalue weighted by Crippen LogP contribution is -2.71. The molecule has 2 heterocycles. The highest BCUT2D eigenvalue weighted by atomic mass is 16.5. The van der Waals surface area contributed by atoms with Crippen LogP contribution in [0.15, 0.2) is 12.1 Å². The molecule has 2 aliphatic heterocycles. The number of Topliss-reactive ketones (excluding diaryl/α,β-unsaturated/α-hetero) is 1. The molecular weight excluding hydrogens is 314 g/mol. The average molecular weight is 341 g/mol. The number of phenols is 1. The van der Waals surface area contributed by atoms with E-state index in [1.807, 2.05) is 0 Å². The number of benzene rings is 1. The molecule has 1 spiro atoms. The fourth-order valence-electron chi connectivity index (χ4n) is 6.83. The second-order valence-corrected chi connectivity index (χ2v) is 9.11. The zero-order valence-electron chi connectivity index (χ0n) is 15.5. The molecule has 0 radical (unpaired) electrons. The van der Waals surface area contributed by atoms with Crippen molar-refractivity contribution in [3.8, 4) is 11.5 Å². The van der Waals surface area contributed by atoms with Crippen LogP contribution >= 0.6 is 0 Å². The Labute approximate surface area is 149 Å². The molecule has 0 aromatic heterocycles. The summed E-state index contributed by atoms with van der Waals surface area (Å²) in [5.41, 5.74) is 1.80. The maximum atomic E-state index is 13.5. The summed E-state index contributed by atoms with van der Waals surface area (Å²) in [6.45, 7) is 7.42. The van der Waals surface area contributed by atoms with Crippen LogP contribution in [0.1, 0.15) is 44.7 Å². The fraction of sp³-hybridized carbons (Fsp3) is 0.667. The van der Waals surface area contributed by atoms with E-state index in [1.54, 1.807) is 6.07 Å². The van der Waals surface area contributed by atoms with Gasteiger partial charge in [0.2, 0.25) is 0 Å². The summed E-state index contributed by atoms with van der Waals surface area (Å²) in [6.07, 6.45) is 2.50. The molecule has 134 valence electrons. The van der Waals surface area contributed by atoms with E-state index in [1.165, 1.54) is 5.56 Å². The minimum atomic E-state index is -0.436. The fourth-order valence-corrected chi connectivity index (χ4v) is 6.83. The van der Waals surface area contributed by atoms with Crippen molar-refractivity contribution in [3.05, 3.63) is 23.3 Å². The number of likely N-dealkylation sites (tertiary alicyclic amines) is 1. The van der Waals surface area contributed by atoms with Crippen LogP contribution in [0.5, 0.6) is 11.5 Å². The number of ketones is 1. The van der Waals surface area contributed by atoms with Crippen molar-refractivity contribution in [2.24, 2.45) is 17.3 Å². The molecular formula is C21H27NO3. The molecule has 1 aromatic carbocycles. The van der Waals surface area contributed by atoms with Crippen LogP contribution < -0.4 is 4.74 Å². The lowest BCUT2D eigenvalue weighted by molar-refractivity contribution is -0.164. The Hall–Kier alpha value is -1.55. The second kappa shape index (κ2) is 4.59. The third-order valence-corrected chi connectivity index (χ3v) is 7.95. The molecule has 1 saturated carbocycles. The van der Waals surface area contributed by atoms with Crippen LogP contribution in [0.2, 0.25) is 0 Å². The zero-order valence-corrected chi connectivity index (χ0v) is 15.5. The van der Waals surface area contributed by atoms with Gasteiger partial charge in [-0.2, -0.15) is 0 Å². The van der Waals surface area contributed by atoms with Crippen molar-refractivity contribution in [3.63, 3.8) is 0 Å². The smallest absolute Gasteiger partial charge is 0.180 e. The van der Waals surface area contributed by atoms with Crippen molar-refractivity contribution in [1.29, 1.82) is 0 Å². The van der Waals surface area contributed by atoms with E-state index in [0.717, 1.165) is 31.4 Å². The molecule has 2 fully saturated rings. The van der Waals surface area contributed by atoms with Crippen LogP contribution in [0.25, 0.3) is 0 Å². The first-order chi connectivity index (χ1) is 11.8. The van der Waals surface area contributed by atoms with E-state index < -0.39 is 6.10 Å². The van der Waals surface area contributed by atoms with Gasteiger partial charge in [-0.3, -0.25) is 4.79 Å². The largest absolute Gasteiger partial charge is 0.504 e. The molecule has 0 unspecified atom stereocenters. The Bertz CT molecular complexity index is 786. The Morgan fingerprint density at radius 2 is 2.12 bits per heavy atom. The summed E-state index contributed by atoms with van der Waals surface area (Å²) in [7, 11) is 2.23. The standard InChI is InChI=1S/C21H27NO3/c1-5-12-16-13-10-11-6-7-14(23)17-15(11)21(16,8-9-22(13)4)19(25-17)18(24)20(12,2)3/h6-7,12-13,16,19,23H,5,8-10H2,1-4H3/t12-,13-,16+,19+,21-/m1/s1. The first-order valence-electron chi connectivity index (χ1n) is 9.60. The summed E-state index contributed by atoms with van der Waals surface area (Å²) in [6, 6.07) is 4.24. The molecule has 2 aliphatic carbocycles. The van der Waals surface area contributed by atoms with Crippen molar-refractivity contribution < 1.29 is 14.6 Å². The van der Waals surface area contributed by atoms with Gasteiger partial charge in [-0.1, -0.05) is 33.3 Å². The summed E-state index contributed by atoms with van der Waals surface area (Å²) in [4.78, 5) is 16.0. The topological polar surface area (TPSA) is 49.8 Å². The number of hydrogen-bond donors (Lipinski definition) is 1. The third kappa shape index (κ3) is 1.57. The molecule has 2 bridgehead atoms. The SMILES string of the molecule is CC[C@@H]1[C@H]2[C@H]3Cc4ccc(O)c5c4[C@@]2(CCN3C)[C@@H](O5)C(=O)C1(C)C. The number of rotatable bonds is 1. The van der Waals surface area contributed by atoms with Gasteiger partial charge in [-0.15, -0.1) is 0 Å². The van der Waals surface area contributed by atoms with E-state index in [9.17, 15) is 9.90 Å². The molecule has 4 heteroatoms. The minimum Gasteiger partial charge on any atom is -0.504 e. The van der Waals surface area contributed by atoms with Gasteiger partial charge in [0.15, 0.2) is 23.4 Å². The number of nitrogens with zero attached hydrogens (tertiary/aromatic N) is 1. The summed E-state index contributed by atoms with van der Waals surface area (Å²) >= 11 is 0. The number of carbonyl (C=O) groups is 1. The molecule has 1 saturated heterocycles. The van der Waals surface area contributed by atoms with Gasteiger partial charge in [0.25, 0.3) is 0 Å². The van der Waals surface area contributed by atoms with E-state index >= 15 is 0 Å². The van der Waals surface area contributed by atoms with Gasteiger partial charge >= 0.3 is 0 Å². The molecule has 5 atom stereocenters. The van der Waals surface area contributed by atoms with Crippen molar-refractivity contribution in [1.82, 2.24) is 4.90 Å². The van der Waals surface area contributed by atoms with E-state index in [2.05, 4.69) is 38.8 Å². The quantitative estimate of drug-likeness (QED) is 0.853. The van der Waals surface area contributed by atoms with E-state index in [0.29, 0.717) is 23.6 Å². The van der Waals surface area contributed by atoms with Crippen molar-refractivity contribution in [2.75, 3.05) is 13.6 Å². The summed E-state index contributed by atoms with van der Waals surface area (Å²) in [5.74, 6) is 1.76. The van der Waals surface area contributed by atoms with Gasteiger partial charge in [0.05, 0.1) is 0 Å². The number of phenolic OH excluding ortho intramolecular Hbond substituents is 1. The lowest BCUT2D eigenvalue weighted by atomic mass is 9.43. The lowest BCUT2D eigenvalue weighted by Gasteiger charge is -2.63. The van der Waals surface area contributed by atoms with Gasteiger partial charge < -0.3 is 14.7 Å². The Kier molecular flexibility index (Phi) is 2.88. The Morgan fingerprint density at radius 3 is 2.84 bits per heavy atom. The highest BCUT2D eigenvalue weighted by Crippen LogP contribution is 2.67. The first-order valence-corrected chi connectivity index (χ1v) is 9.60. The van der Waals surface area contributed by atoms with Crippen LogP contribution in [0, 0.1) is 17.3 Å². The van der Waals surface area contributed by atoms with Crippen molar-refractivity contribution >= 4 is 5.78 Å². The molecule has 1 aromatic rings. The van der Waals surface area contributed by atoms with Gasteiger partial charge in [-0.05, 0) is 49.9 Å². The molecule has 1 N–H and O–H groups in total. The normalized spacial score (nSPS) is 40.6. The van der Waals surface area contributed by atoms with Crippen LogP contribution in [-0.4, -0.2) is 41.5 Å². The highest BCUT2D eigenvalue weighted by Gasteiger charge is 2.71. The number of carbonyl (C=O) groups excluding carboxylic acids is 1. The number of piperidine rings is 1. The zero-order chi connectivity index (χ0) is 17.7.